The van der Waals surface area contributed by atoms with Gasteiger partial charge in [0, 0.05) is 19.3 Å². The van der Waals surface area contributed by atoms with Gasteiger partial charge in [0.05, 0.1) is 19.8 Å². The zero-order chi connectivity index (χ0) is 58.3. The minimum absolute atomic E-state index is 0.0391. The summed E-state index contributed by atoms with van der Waals surface area (Å²) in [5.41, 5.74) is 0. The van der Waals surface area contributed by atoms with Crippen LogP contribution >= 0.6 is 7.82 Å². The summed E-state index contributed by atoms with van der Waals surface area (Å²) >= 11 is 0. The Morgan fingerprint density at radius 1 is 0.362 bits per heavy atom. The number of hydrogen-bond donors (Lipinski definition) is 2. The van der Waals surface area contributed by atoms with Gasteiger partial charge < -0.3 is 24.2 Å². The monoisotopic (exact) mass is 1140 g/mol. The molecule has 0 fully saturated rings. The molecule has 12 heteroatoms. The molecule has 0 aromatic carbocycles. The van der Waals surface area contributed by atoms with Crippen molar-refractivity contribution in [2.45, 2.75) is 277 Å². The molecule has 80 heavy (non-hydrogen) atoms. The second kappa shape index (κ2) is 61.2. The van der Waals surface area contributed by atoms with Crippen LogP contribution in [0.1, 0.15) is 265 Å². The first-order valence-electron chi connectivity index (χ1n) is 31.8. The molecule has 0 saturated heterocycles. The van der Waals surface area contributed by atoms with E-state index < -0.39 is 57.8 Å². The zero-order valence-electron chi connectivity index (χ0n) is 50.8. The molecule has 0 aromatic rings. The third-order valence-corrected chi connectivity index (χ3v) is 14.2. The summed E-state index contributed by atoms with van der Waals surface area (Å²) in [6, 6.07) is 0. The van der Waals surface area contributed by atoms with Crippen LogP contribution in [0.15, 0.2) is 109 Å². The summed E-state index contributed by atoms with van der Waals surface area (Å²) in [7, 11) is -4.78. The van der Waals surface area contributed by atoms with Gasteiger partial charge in [0.2, 0.25) is 0 Å². The molecule has 0 rings (SSSR count). The Labute approximate surface area is 488 Å². The van der Waals surface area contributed by atoms with Crippen molar-refractivity contribution in [3.8, 4) is 0 Å². The van der Waals surface area contributed by atoms with Gasteiger partial charge in [-0.3, -0.25) is 23.4 Å². The maximum atomic E-state index is 12.9. The molecule has 3 unspecified atom stereocenters. The van der Waals surface area contributed by atoms with Crippen molar-refractivity contribution in [1.29, 1.82) is 0 Å². The first-order chi connectivity index (χ1) is 39.2. The lowest BCUT2D eigenvalue weighted by molar-refractivity contribution is -0.161. The van der Waals surface area contributed by atoms with Crippen molar-refractivity contribution in [1.82, 2.24) is 0 Å². The number of ether oxygens (including phenoxy) is 3. The number of esters is 3. The molecular weight excluding hydrogens is 1020 g/mol. The van der Waals surface area contributed by atoms with E-state index in [9.17, 15) is 28.9 Å². The van der Waals surface area contributed by atoms with Crippen LogP contribution in [0.5, 0.6) is 0 Å². The van der Waals surface area contributed by atoms with Gasteiger partial charge in [-0.2, -0.15) is 0 Å². The van der Waals surface area contributed by atoms with Crippen molar-refractivity contribution in [2.75, 3.05) is 26.4 Å². The van der Waals surface area contributed by atoms with Crippen LogP contribution in [0.25, 0.3) is 0 Å². The van der Waals surface area contributed by atoms with Crippen molar-refractivity contribution in [3.63, 3.8) is 0 Å². The summed E-state index contributed by atoms with van der Waals surface area (Å²) in [5.74, 6) is -1.57. The molecule has 0 aliphatic rings. The Kier molecular flexibility index (Phi) is 58.3. The normalized spacial score (nSPS) is 14.0. The molecular formula is C68H115O11P. The van der Waals surface area contributed by atoms with Gasteiger partial charge >= 0.3 is 25.7 Å². The quantitative estimate of drug-likeness (QED) is 0.0197. The van der Waals surface area contributed by atoms with Gasteiger partial charge in [-0.15, -0.1) is 0 Å². The number of rotatable bonds is 58. The summed E-state index contributed by atoms with van der Waals surface area (Å²) < 4.78 is 39.6. The zero-order valence-corrected chi connectivity index (χ0v) is 51.7. The predicted octanol–water partition coefficient (Wildman–Crippen LogP) is 19.4. The van der Waals surface area contributed by atoms with Gasteiger partial charge in [0.25, 0.3) is 0 Å². The number of hydrogen-bond acceptors (Lipinski definition) is 10. The fraction of sp³-hybridized carbons (Fsp3) is 0.691. The van der Waals surface area contributed by atoms with Gasteiger partial charge in [0.15, 0.2) is 6.10 Å². The van der Waals surface area contributed by atoms with E-state index in [1.807, 2.05) is 12.2 Å². The average Bonchev–Trinajstić information content (AvgIpc) is 3.45. The average molecular weight is 1140 g/mol. The highest BCUT2D eigenvalue weighted by molar-refractivity contribution is 7.47. The minimum atomic E-state index is -4.78. The van der Waals surface area contributed by atoms with Crippen LogP contribution < -0.4 is 0 Å². The lowest BCUT2D eigenvalue weighted by Crippen LogP contribution is -2.30. The molecule has 0 heterocycles. The number of unbranched alkanes of at least 4 members (excludes halogenated alkanes) is 23. The van der Waals surface area contributed by atoms with E-state index in [2.05, 4.69) is 118 Å². The fourth-order valence-corrected chi connectivity index (χ4v) is 9.24. The molecule has 0 aromatic heterocycles. The van der Waals surface area contributed by atoms with E-state index in [0.717, 1.165) is 109 Å². The maximum absolute atomic E-state index is 12.9. The highest BCUT2D eigenvalue weighted by atomic mass is 31.2. The van der Waals surface area contributed by atoms with E-state index in [1.165, 1.54) is 89.9 Å². The third-order valence-electron chi connectivity index (χ3n) is 13.2. The van der Waals surface area contributed by atoms with Crippen LogP contribution in [-0.2, 0) is 42.2 Å². The number of allylic oxidation sites excluding steroid dienone is 18. The van der Waals surface area contributed by atoms with Crippen LogP contribution in [0.3, 0.4) is 0 Å². The first kappa shape index (κ1) is 76.1. The van der Waals surface area contributed by atoms with Crippen molar-refractivity contribution < 1.29 is 52.2 Å². The second-order valence-corrected chi connectivity index (χ2v) is 22.3. The molecule has 0 spiro atoms. The molecule has 0 amide bonds. The van der Waals surface area contributed by atoms with Crippen molar-refractivity contribution in [3.05, 3.63) is 109 Å². The summed E-state index contributed by atoms with van der Waals surface area (Å²) in [5, 5.41) is 9.85. The molecule has 0 aliphatic carbocycles. The standard InChI is InChI=1S/C68H115O11P/c1-4-7-10-13-16-19-22-25-28-31-32-35-38-41-44-47-50-53-56-59-68(72)79-65(61-75-66(70)57-54-51-48-45-42-39-36-33-29-26-23-20-17-14-11-8-5-2)63-77-80(73,74)76-62-64(60-69)78-67(71)58-55-52-49-46-43-40-37-34-30-27-24-21-18-15-12-9-6-3/h7,9-10,12,16,18-19,21,25,27-28,30,32,35,41,44,50,53,64-65,69H,4-6,8,11,13-15,17,20,22-24,26,29,31,33-34,36-40,42-43,45-49,51-52,54-63H2,1-3H3,(H,73,74)/b10-7-,12-9-,19-16-,21-18-,28-25-,30-27-,35-32-,44-41-,53-50-. The SMILES string of the molecule is CC/C=C\C/C=C\C/C=C\C/C=C\C/C=C\C/C=C\CCC(=O)OC(COC(=O)CCCCCCCCCCCCCCCCCCC)COP(=O)(O)OCC(CO)OC(=O)CCCCCCCCC/C=C\C/C=C\C/C=C\CC. The number of phosphoric acid groups is 1. The van der Waals surface area contributed by atoms with Crippen LogP contribution in [0, 0.1) is 0 Å². The fourth-order valence-electron chi connectivity index (χ4n) is 8.46. The van der Waals surface area contributed by atoms with Gasteiger partial charge in [-0.25, -0.2) is 4.57 Å². The Morgan fingerprint density at radius 2 is 0.675 bits per heavy atom. The number of phosphoric ester groups is 1. The van der Waals surface area contributed by atoms with E-state index in [0.29, 0.717) is 25.7 Å². The molecule has 11 nitrogen and oxygen atoms in total. The number of aliphatic hydroxyl groups excluding tert-OH is 1. The largest absolute Gasteiger partial charge is 0.472 e. The Bertz CT molecular complexity index is 1760. The molecule has 458 valence electrons. The highest BCUT2D eigenvalue weighted by Crippen LogP contribution is 2.43. The maximum Gasteiger partial charge on any atom is 0.472 e. The molecule has 0 bridgehead atoms. The second-order valence-electron chi connectivity index (χ2n) is 20.8. The lowest BCUT2D eigenvalue weighted by atomic mass is 10.0. The number of aliphatic hydroxyl groups is 1. The first-order valence-corrected chi connectivity index (χ1v) is 33.3. The van der Waals surface area contributed by atoms with E-state index in [4.69, 9.17) is 23.3 Å². The van der Waals surface area contributed by atoms with Gasteiger partial charge in [0.1, 0.15) is 12.7 Å². The summed E-state index contributed by atoms with van der Waals surface area (Å²) in [6.45, 7) is 4.36. The lowest BCUT2D eigenvalue weighted by Gasteiger charge is -2.21. The molecule has 0 aliphatic heterocycles. The highest BCUT2D eigenvalue weighted by Gasteiger charge is 2.28. The van der Waals surface area contributed by atoms with E-state index in [1.54, 1.807) is 0 Å². The van der Waals surface area contributed by atoms with Gasteiger partial charge in [-0.1, -0.05) is 265 Å². The van der Waals surface area contributed by atoms with Crippen LogP contribution in [0.4, 0.5) is 0 Å². The minimum Gasteiger partial charge on any atom is -0.462 e. The Morgan fingerprint density at radius 3 is 1.07 bits per heavy atom. The van der Waals surface area contributed by atoms with Crippen molar-refractivity contribution in [2.24, 2.45) is 0 Å². The van der Waals surface area contributed by atoms with E-state index >= 15 is 0 Å². The molecule has 0 saturated carbocycles. The smallest absolute Gasteiger partial charge is 0.462 e. The van der Waals surface area contributed by atoms with Crippen molar-refractivity contribution >= 4 is 25.7 Å². The number of carbonyl (C=O) groups is 3. The summed E-state index contributed by atoms with van der Waals surface area (Å²) in [6.07, 6.45) is 74.8. The van der Waals surface area contributed by atoms with Crippen LogP contribution in [0.2, 0.25) is 0 Å². The van der Waals surface area contributed by atoms with E-state index in [-0.39, 0.29) is 25.9 Å². The topological polar surface area (TPSA) is 155 Å². The number of carbonyl (C=O) groups excluding carboxylic acids is 3. The predicted molar refractivity (Wildman–Crippen MR) is 334 cm³/mol. The molecule has 2 N–H and O–H groups in total. The Balaban J connectivity index is 4.81. The summed E-state index contributed by atoms with van der Waals surface area (Å²) in [4.78, 5) is 48.7. The molecule has 0 radical (unpaired) electrons. The molecule has 3 atom stereocenters. The van der Waals surface area contributed by atoms with Gasteiger partial charge in [-0.05, 0) is 89.9 Å². The van der Waals surface area contributed by atoms with Crippen LogP contribution in [-0.4, -0.2) is 66.5 Å². The third kappa shape index (κ3) is 58.8. The Hall–Kier alpha value is -3.86.